The summed E-state index contributed by atoms with van der Waals surface area (Å²) in [5, 5.41) is -0.139. The largest absolute Gasteiger partial charge is 0.493 e. The van der Waals surface area contributed by atoms with Gasteiger partial charge in [0.1, 0.15) is 6.61 Å². The van der Waals surface area contributed by atoms with Crippen LogP contribution in [0, 0.1) is 0 Å². The van der Waals surface area contributed by atoms with Crippen LogP contribution in [0.4, 0.5) is 10.5 Å². The Morgan fingerprint density at radius 3 is 2.55 bits per heavy atom. The quantitative estimate of drug-likeness (QED) is 0.128. The number of ether oxygens (including phenoxy) is 3. The fraction of sp³-hybridized carbons (Fsp3) is 0.500. The van der Waals surface area contributed by atoms with E-state index in [-0.39, 0.29) is 17.6 Å². The number of halogens is 1. The molecule has 0 saturated carbocycles. The average molecular weight is 655 g/mol. The summed E-state index contributed by atoms with van der Waals surface area (Å²) in [4.78, 5) is 31.0. The fourth-order valence-electron chi connectivity index (χ4n) is 4.24. The number of alkyl halides is 1. The van der Waals surface area contributed by atoms with Crippen LogP contribution < -0.4 is 14.4 Å². The van der Waals surface area contributed by atoms with E-state index in [0.717, 1.165) is 10.0 Å². The van der Waals surface area contributed by atoms with E-state index in [0.29, 0.717) is 35.8 Å². The number of benzene rings is 1. The van der Waals surface area contributed by atoms with Gasteiger partial charge >= 0.3 is 6.09 Å². The van der Waals surface area contributed by atoms with Gasteiger partial charge in [0.15, 0.2) is 26.0 Å². The highest BCUT2D eigenvalue weighted by atomic mass is 127. The van der Waals surface area contributed by atoms with Crippen molar-refractivity contribution in [3.63, 3.8) is 0 Å². The maximum atomic E-state index is 14.1. The molecule has 0 aromatic heterocycles. The first kappa shape index (κ1) is 30.2. The molecule has 1 aromatic rings. The minimum absolute atomic E-state index is 0.0240. The lowest BCUT2D eigenvalue weighted by Gasteiger charge is -2.44. The van der Waals surface area contributed by atoms with Gasteiger partial charge in [0.2, 0.25) is 0 Å². The van der Waals surface area contributed by atoms with E-state index in [1.165, 1.54) is 18.1 Å². The van der Waals surface area contributed by atoms with Gasteiger partial charge in [0.25, 0.3) is 5.91 Å². The van der Waals surface area contributed by atoms with Crippen LogP contribution in [0.2, 0.25) is 18.1 Å². The van der Waals surface area contributed by atoms with Crippen molar-refractivity contribution in [2.45, 2.75) is 64.5 Å². The molecule has 2 aliphatic rings. The number of allylic oxidation sites excluding steroid dienone is 2. The molecule has 8 nitrogen and oxygen atoms in total. The lowest BCUT2D eigenvalue weighted by molar-refractivity contribution is 0.0589. The molecule has 3 rings (SSSR count). The van der Waals surface area contributed by atoms with Gasteiger partial charge in [0.05, 0.1) is 31.0 Å². The molecule has 2 amide bonds. The van der Waals surface area contributed by atoms with E-state index in [4.69, 9.17) is 18.6 Å². The molecule has 1 aromatic carbocycles. The van der Waals surface area contributed by atoms with Crippen LogP contribution in [0.5, 0.6) is 11.5 Å². The van der Waals surface area contributed by atoms with Gasteiger partial charge < -0.3 is 23.5 Å². The maximum absolute atomic E-state index is 14.1. The monoisotopic (exact) mass is 654 g/mol. The Labute approximate surface area is 240 Å². The van der Waals surface area contributed by atoms with Crippen LogP contribution in [0.15, 0.2) is 48.7 Å². The van der Waals surface area contributed by atoms with Crippen molar-refractivity contribution in [1.82, 2.24) is 4.90 Å². The van der Waals surface area contributed by atoms with Crippen molar-refractivity contribution < 1.29 is 28.2 Å². The molecule has 0 aliphatic carbocycles. The first-order valence-corrected chi connectivity index (χ1v) is 17.1. The molecular weight excluding hydrogens is 615 g/mol. The number of nitrogens with zero attached hydrogens (tertiary/aromatic N) is 2. The number of carbonyl (C=O) groups excluding carboxylic acids is 2. The van der Waals surface area contributed by atoms with E-state index in [1.54, 1.807) is 17.0 Å². The highest BCUT2D eigenvalue weighted by Gasteiger charge is 2.50. The van der Waals surface area contributed by atoms with Gasteiger partial charge in [-0.2, -0.15) is 0 Å². The van der Waals surface area contributed by atoms with Gasteiger partial charge in [-0.1, -0.05) is 68.2 Å². The first-order chi connectivity index (χ1) is 17.9. The molecule has 0 saturated heterocycles. The summed E-state index contributed by atoms with van der Waals surface area (Å²) in [5.74, 6) is 0.611. The van der Waals surface area contributed by atoms with Gasteiger partial charge in [-0.3, -0.25) is 4.79 Å². The van der Waals surface area contributed by atoms with E-state index in [1.807, 2.05) is 25.3 Å². The van der Waals surface area contributed by atoms with E-state index in [2.05, 4.69) is 63.0 Å². The minimum atomic E-state index is -2.44. The molecule has 38 heavy (non-hydrogen) atoms. The lowest BCUT2D eigenvalue weighted by atomic mass is 10.1. The zero-order valence-electron chi connectivity index (χ0n) is 23.4. The molecule has 2 atom stereocenters. The predicted molar refractivity (Wildman–Crippen MR) is 161 cm³/mol. The average Bonchev–Trinajstić information content (AvgIpc) is 3.25. The third-order valence-corrected chi connectivity index (χ3v) is 12.0. The van der Waals surface area contributed by atoms with Gasteiger partial charge in [-0.15, -0.1) is 0 Å². The standard InChI is InChI=1S/C28H39IN2O6Si/c1-9-11-19-15-22-26(37-38(7,8)28(3,4)5)31(27(33)36-13-10-2)21-17-24(35-14-12-29)23(34-6)16-20(21)25(32)30(22)18-19/h9-11,16-18,22,26H,2,12-15H2,1,3-8H3/b11-9+/t22-,26?/m0/s1. The summed E-state index contributed by atoms with van der Waals surface area (Å²) in [6, 6.07) is 2.88. The first-order valence-electron chi connectivity index (χ1n) is 12.7. The summed E-state index contributed by atoms with van der Waals surface area (Å²) in [7, 11) is -0.906. The second-order valence-corrected chi connectivity index (χ2v) is 16.6. The summed E-state index contributed by atoms with van der Waals surface area (Å²) in [5.41, 5.74) is 1.66. The van der Waals surface area contributed by atoms with Crippen LogP contribution >= 0.6 is 22.6 Å². The molecule has 0 fully saturated rings. The van der Waals surface area contributed by atoms with Crippen LogP contribution in [0.25, 0.3) is 0 Å². The number of hydrogen-bond acceptors (Lipinski definition) is 6. The number of methoxy groups -OCH3 is 1. The molecule has 2 aliphatic heterocycles. The second-order valence-electron chi connectivity index (χ2n) is 10.7. The molecule has 208 valence electrons. The van der Waals surface area contributed by atoms with Gasteiger partial charge in [-0.05, 0) is 43.1 Å². The third kappa shape index (κ3) is 6.12. The Hall–Kier alpha value is -2.31. The topological polar surface area (TPSA) is 77.5 Å². The summed E-state index contributed by atoms with van der Waals surface area (Å²) in [6.45, 7) is 16.8. The van der Waals surface area contributed by atoms with Crippen molar-refractivity contribution in [2.24, 2.45) is 0 Å². The Morgan fingerprint density at radius 2 is 1.97 bits per heavy atom. The number of hydrogen-bond donors (Lipinski definition) is 0. The maximum Gasteiger partial charge on any atom is 0.416 e. The van der Waals surface area contributed by atoms with E-state index in [9.17, 15) is 9.59 Å². The Bertz CT molecular complexity index is 1130. The van der Waals surface area contributed by atoms with Crippen LogP contribution in [0.3, 0.4) is 0 Å². The molecule has 0 bridgehead atoms. The molecule has 10 heteroatoms. The third-order valence-electron chi connectivity index (χ3n) is 7.16. The number of fused-ring (bicyclic) bond motifs is 2. The fourth-order valence-corrected chi connectivity index (χ4v) is 5.68. The summed E-state index contributed by atoms with van der Waals surface area (Å²) in [6.07, 6.45) is 6.41. The van der Waals surface area contributed by atoms with Crippen molar-refractivity contribution in [2.75, 3.05) is 29.7 Å². The molecule has 0 N–H and O–H groups in total. The number of anilines is 1. The minimum Gasteiger partial charge on any atom is -0.493 e. The van der Waals surface area contributed by atoms with E-state index >= 15 is 0 Å². The summed E-state index contributed by atoms with van der Waals surface area (Å²) >= 11 is 2.22. The molecule has 2 heterocycles. The van der Waals surface area contributed by atoms with Gasteiger partial charge in [0, 0.05) is 16.7 Å². The predicted octanol–water partition coefficient (Wildman–Crippen LogP) is 6.67. The van der Waals surface area contributed by atoms with Crippen LogP contribution in [0.1, 0.15) is 44.5 Å². The van der Waals surface area contributed by atoms with E-state index < -0.39 is 26.7 Å². The molecule has 0 spiro atoms. The SMILES string of the molecule is C=CCOC(=O)N1c2cc(OCCI)c(OC)cc2C(=O)N2C=C(/C=C/C)C[C@H]2C1O[Si](C)(C)C(C)(C)C. The van der Waals surface area contributed by atoms with Crippen molar-refractivity contribution in [3.8, 4) is 11.5 Å². The Kier molecular flexibility index (Phi) is 9.75. The highest BCUT2D eigenvalue weighted by molar-refractivity contribution is 14.1. The number of amides is 2. The number of rotatable bonds is 9. The summed E-state index contributed by atoms with van der Waals surface area (Å²) < 4.78 is 24.9. The normalized spacial score (nSPS) is 19.6. The molecule has 1 unspecified atom stereocenters. The van der Waals surface area contributed by atoms with Crippen LogP contribution in [-0.4, -0.2) is 62.2 Å². The zero-order valence-corrected chi connectivity index (χ0v) is 26.5. The smallest absolute Gasteiger partial charge is 0.416 e. The lowest BCUT2D eigenvalue weighted by Crippen LogP contribution is -2.57. The van der Waals surface area contributed by atoms with Gasteiger partial charge in [-0.25, -0.2) is 9.69 Å². The van der Waals surface area contributed by atoms with Crippen molar-refractivity contribution >= 4 is 48.6 Å². The Balaban J connectivity index is 2.30. The van der Waals surface area contributed by atoms with Crippen LogP contribution in [-0.2, 0) is 9.16 Å². The zero-order chi connectivity index (χ0) is 28.3. The molecular formula is C28H39IN2O6Si. The Morgan fingerprint density at radius 1 is 1.26 bits per heavy atom. The van der Waals surface area contributed by atoms with Crippen molar-refractivity contribution in [3.05, 3.63) is 54.3 Å². The molecule has 0 radical (unpaired) electrons. The number of carbonyl (C=O) groups is 2. The van der Waals surface area contributed by atoms with Crippen molar-refractivity contribution in [1.29, 1.82) is 0 Å². The second kappa shape index (κ2) is 12.2. The highest BCUT2D eigenvalue weighted by Crippen LogP contribution is 2.45.